The highest BCUT2D eigenvalue weighted by Gasteiger charge is 2.68. The van der Waals surface area contributed by atoms with Crippen molar-refractivity contribution >= 4 is 20.2 Å². The third kappa shape index (κ3) is 5.24. The SMILES string of the molecule is Cc1ccc(S(=O)(=O)OC[C@H]2[C@]3(COS(=O)(=O)c4ccc(C)cc4)OC(C)(C)O[C@@H]3C[C@]2(C)O)cc1. The highest BCUT2D eigenvalue weighted by Crippen LogP contribution is 2.54. The average molecular weight is 541 g/mol. The van der Waals surface area contributed by atoms with Gasteiger partial charge in [-0.05, 0) is 58.9 Å². The summed E-state index contributed by atoms with van der Waals surface area (Å²) in [6, 6.07) is 12.4. The van der Waals surface area contributed by atoms with Gasteiger partial charge in [0.1, 0.15) is 5.60 Å². The van der Waals surface area contributed by atoms with Crippen LogP contribution < -0.4 is 0 Å². The summed E-state index contributed by atoms with van der Waals surface area (Å²) < 4.78 is 74.6. The highest BCUT2D eigenvalue weighted by atomic mass is 32.2. The van der Waals surface area contributed by atoms with E-state index < -0.39 is 62.5 Å². The lowest BCUT2D eigenvalue weighted by atomic mass is 9.84. The third-order valence-corrected chi connectivity index (χ3v) is 9.37. The lowest BCUT2D eigenvalue weighted by molar-refractivity contribution is -0.206. The summed E-state index contributed by atoms with van der Waals surface area (Å²) in [6.07, 6.45) is -0.686. The molecule has 2 aliphatic rings. The van der Waals surface area contributed by atoms with E-state index in [-0.39, 0.29) is 16.2 Å². The van der Waals surface area contributed by atoms with Gasteiger partial charge in [0.25, 0.3) is 20.2 Å². The smallest absolute Gasteiger partial charge is 0.297 e. The lowest BCUT2D eigenvalue weighted by Gasteiger charge is -2.37. The van der Waals surface area contributed by atoms with E-state index in [0.29, 0.717) is 0 Å². The summed E-state index contributed by atoms with van der Waals surface area (Å²) in [6.45, 7) is 7.56. The fourth-order valence-corrected chi connectivity index (χ4v) is 6.83. The topological polar surface area (TPSA) is 125 Å². The van der Waals surface area contributed by atoms with Gasteiger partial charge in [-0.15, -0.1) is 0 Å². The first-order valence-electron chi connectivity index (χ1n) is 11.6. The Labute approximate surface area is 212 Å². The molecule has 1 saturated heterocycles. The molecule has 0 bridgehead atoms. The van der Waals surface area contributed by atoms with Crippen LogP contribution in [0.1, 0.15) is 38.3 Å². The lowest BCUT2D eigenvalue weighted by Crippen LogP contribution is -2.52. The second-order valence-corrected chi connectivity index (χ2v) is 13.5. The number of aryl methyl sites for hydroxylation is 2. The molecule has 0 radical (unpaired) electrons. The maximum Gasteiger partial charge on any atom is 0.297 e. The summed E-state index contributed by atoms with van der Waals surface area (Å²) >= 11 is 0. The fraction of sp³-hybridized carbons (Fsp3) is 0.520. The summed E-state index contributed by atoms with van der Waals surface area (Å²) in [7, 11) is -8.33. The first-order chi connectivity index (χ1) is 16.6. The van der Waals surface area contributed by atoms with Gasteiger partial charge in [-0.2, -0.15) is 16.8 Å². The van der Waals surface area contributed by atoms with Crippen LogP contribution in [0.15, 0.2) is 58.3 Å². The molecule has 1 aliphatic carbocycles. The number of benzene rings is 2. The van der Waals surface area contributed by atoms with Crippen LogP contribution in [0.3, 0.4) is 0 Å². The van der Waals surface area contributed by atoms with Crippen molar-refractivity contribution in [3.8, 4) is 0 Å². The molecule has 0 spiro atoms. The first-order valence-corrected chi connectivity index (χ1v) is 14.4. The number of hydrogen-bond donors (Lipinski definition) is 1. The third-order valence-electron chi connectivity index (χ3n) is 6.79. The van der Waals surface area contributed by atoms with Crippen molar-refractivity contribution in [2.45, 2.75) is 73.9 Å². The zero-order chi connectivity index (χ0) is 26.6. The van der Waals surface area contributed by atoms with Crippen LogP contribution in [-0.2, 0) is 38.1 Å². The standard InChI is InChI=1S/C25H32O9S2/c1-17-6-10-19(11-7-17)35(27,28)31-15-21-24(5,26)14-22-25(21,34-23(3,4)33-22)16-32-36(29,30)20-12-8-18(2)9-13-20/h6-13,21-22,26H,14-16H2,1-5H3/t21-,22-,24+,25+/m1/s1. The fourth-order valence-electron chi connectivity index (χ4n) is 4.96. The van der Waals surface area contributed by atoms with Crippen molar-refractivity contribution in [2.24, 2.45) is 5.92 Å². The number of hydrogen-bond acceptors (Lipinski definition) is 9. The molecule has 198 valence electrons. The molecule has 36 heavy (non-hydrogen) atoms. The predicted octanol–water partition coefficient (Wildman–Crippen LogP) is 3.08. The molecule has 1 aliphatic heterocycles. The van der Waals surface area contributed by atoms with Crippen LogP contribution in [0.25, 0.3) is 0 Å². The summed E-state index contributed by atoms with van der Waals surface area (Å²) in [5.41, 5.74) is -1.19. The van der Waals surface area contributed by atoms with E-state index in [2.05, 4.69) is 0 Å². The molecule has 0 unspecified atom stereocenters. The Morgan fingerprint density at radius 3 is 1.83 bits per heavy atom. The Bertz CT molecular complexity index is 1310. The molecule has 1 saturated carbocycles. The molecule has 4 rings (SSSR count). The highest BCUT2D eigenvalue weighted by molar-refractivity contribution is 7.87. The van der Waals surface area contributed by atoms with Gasteiger partial charge >= 0.3 is 0 Å². The van der Waals surface area contributed by atoms with Gasteiger partial charge in [0.15, 0.2) is 5.79 Å². The van der Waals surface area contributed by atoms with Gasteiger partial charge in [-0.1, -0.05) is 35.4 Å². The zero-order valence-corrected chi connectivity index (χ0v) is 22.6. The minimum atomic E-state index is -4.17. The molecular formula is C25H32O9S2. The van der Waals surface area contributed by atoms with Gasteiger partial charge in [0, 0.05) is 12.3 Å². The Hall–Kier alpha value is -1.86. The molecular weight excluding hydrogens is 508 g/mol. The van der Waals surface area contributed by atoms with Crippen molar-refractivity contribution in [3.63, 3.8) is 0 Å². The van der Waals surface area contributed by atoms with Crippen LogP contribution in [0.5, 0.6) is 0 Å². The quantitative estimate of drug-likeness (QED) is 0.503. The van der Waals surface area contributed by atoms with Crippen LogP contribution in [0.4, 0.5) is 0 Å². The van der Waals surface area contributed by atoms with Crippen molar-refractivity contribution in [3.05, 3.63) is 59.7 Å². The molecule has 2 aromatic carbocycles. The molecule has 1 heterocycles. The van der Waals surface area contributed by atoms with Gasteiger partial charge in [0.05, 0.1) is 34.7 Å². The van der Waals surface area contributed by atoms with E-state index in [9.17, 15) is 21.9 Å². The molecule has 9 nitrogen and oxygen atoms in total. The number of aliphatic hydroxyl groups is 1. The maximum atomic E-state index is 12.9. The predicted molar refractivity (Wildman–Crippen MR) is 130 cm³/mol. The average Bonchev–Trinajstić information content (AvgIpc) is 3.13. The van der Waals surface area contributed by atoms with Gasteiger partial charge in [-0.25, -0.2) is 0 Å². The molecule has 0 aromatic heterocycles. The van der Waals surface area contributed by atoms with Crippen LogP contribution in [-0.4, -0.2) is 58.2 Å². The number of fused-ring (bicyclic) bond motifs is 1. The molecule has 2 fully saturated rings. The zero-order valence-electron chi connectivity index (χ0n) is 20.9. The Morgan fingerprint density at radius 2 is 1.33 bits per heavy atom. The van der Waals surface area contributed by atoms with E-state index in [0.717, 1.165) is 11.1 Å². The molecule has 11 heteroatoms. The Kier molecular flexibility index (Phi) is 6.91. The second kappa shape index (κ2) is 9.16. The largest absolute Gasteiger partial charge is 0.390 e. The Balaban J connectivity index is 1.62. The van der Waals surface area contributed by atoms with Crippen LogP contribution in [0, 0.1) is 19.8 Å². The number of rotatable bonds is 8. The Morgan fingerprint density at radius 1 is 0.861 bits per heavy atom. The van der Waals surface area contributed by atoms with E-state index in [1.807, 2.05) is 13.8 Å². The van der Waals surface area contributed by atoms with Crippen LogP contribution >= 0.6 is 0 Å². The summed E-state index contributed by atoms with van der Waals surface area (Å²) in [5, 5.41) is 11.2. The van der Waals surface area contributed by atoms with E-state index >= 15 is 0 Å². The van der Waals surface area contributed by atoms with Crippen molar-refractivity contribution in [1.82, 2.24) is 0 Å². The van der Waals surface area contributed by atoms with E-state index in [1.54, 1.807) is 38.1 Å². The maximum absolute atomic E-state index is 12.9. The van der Waals surface area contributed by atoms with Crippen molar-refractivity contribution < 1.29 is 39.8 Å². The second-order valence-electron chi connectivity index (χ2n) is 10.3. The number of ether oxygens (including phenoxy) is 2. The van der Waals surface area contributed by atoms with Crippen LogP contribution in [0.2, 0.25) is 0 Å². The minimum Gasteiger partial charge on any atom is -0.390 e. The molecule has 0 amide bonds. The molecule has 1 N–H and O–H groups in total. The normalized spacial score (nSPS) is 29.8. The van der Waals surface area contributed by atoms with Crippen molar-refractivity contribution in [1.29, 1.82) is 0 Å². The summed E-state index contributed by atoms with van der Waals surface area (Å²) in [5.74, 6) is -2.10. The molecule has 2 aromatic rings. The van der Waals surface area contributed by atoms with Gasteiger partial charge in [-0.3, -0.25) is 8.37 Å². The summed E-state index contributed by atoms with van der Waals surface area (Å²) in [4.78, 5) is -0.0582. The van der Waals surface area contributed by atoms with Gasteiger partial charge in [0.2, 0.25) is 0 Å². The van der Waals surface area contributed by atoms with E-state index in [4.69, 9.17) is 17.8 Å². The van der Waals surface area contributed by atoms with Gasteiger partial charge < -0.3 is 14.6 Å². The molecule has 4 atom stereocenters. The monoisotopic (exact) mass is 540 g/mol. The first kappa shape index (κ1) is 27.2. The minimum absolute atomic E-state index is 0.0290. The van der Waals surface area contributed by atoms with E-state index in [1.165, 1.54) is 31.2 Å². The van der Waals surface area contributed by atoms with Crippen molar-refractivity contribution in [2.75, 3.05) is 13.2 Å².